The first-order chi connectivity index (χ1) is 7.17. The zero-order valence-electron chi connectivity index (χ0n) is 9.37. The van der Waals surface area contributed by atoms with Crippen molar-refractivity contribution in [3.05, 3.63) is 48.0 Å². The van der Waals surface area contributed by atoms with Crippen LogP contribution in [-0.4, -0.2) is 6.04 Å². The van der Waals surface area contributed by atoms with Gasteiger partial charge in [0, 0.05) is 11.5 Å². The number of nitrogens with two attached hydrogens (primary N) is 1. The summed E-state index contributed by atoms with van der Waals surface area (Å²) in [5, 5.41) is 0. The molecule has 1 atom stereocenters. The van der Waals surface area contributed by atoms with Crippen molar-refractivity contribution in [2.24, 2.45) is 5.73 Å². The summed E-state index contributed by atoms with van der Waals surface area (Å²) in [5.74, 6) is 0. The molecule has 1 aliphatic rings. The van der Waals surface area contributed by atoms with E-state index >= 15 is 0 Å². The normalized spacial score (nSPS) is 20.4. The molecule has 2 N–H and O–H groups in total. The van der Waals surface area contributed by atoms with Crippen LogP contribution >= 0.6 is 0 Å². The maximum atomic E-state index is 6.29. The molecule has 0 radical (unpaired) electrons. The predicted octanol–water partition coefficient (Wildman–Crippen LogP) is 3.01. The molecule has 15 heavy (non-hydrogen) atoms. The smallest absolute Gasteiger partial charge is 0.0346 e. The Hall–Kier alpha value is -1.08. The fourth-order valence-electron chi connectivity index (χ4n) is 2.58. The van der Waals surface area contributed by atoms with Crippen LogP contribution in [-0.2, 0) is 5.41 Å². The quantitative estimate of drug-likeness (QED) is 0.747. The van der Waals surface area contributed by atoms with Crippen LogP contribution in [0, 0.1) is 0 Å². The lowest BCUT2D eigenvalue weighted by atomic mass is 9.59. The van der Waals surface area contributed by atoms with Crippen molar-refractivity contribution in [3.8, 4) is 0 Å². The summed E-state index contributed by atoms with van der Waals surface area (Å²) in [6, 6.07) is 10.8. The number of rotatable bonds is 3. The van der Waals surface area contributed by atoms with Gasteiger partial charge in [0.1, 0.15) is 0 Å². The lowest BCUT2D eigenvalue weighted by molar-refractivity contribution is 0.213. The lowest BCUT2D eigenvalue weighted by Crippen LogP contribution is -2.50. The predicted molar refractivity (Wildman–Crippen MR) is 64.8 cm³/mol. The molecule has 1 nitrogen and oxygen atoms in total. The van der Waals surface area contributed by atoms with Crippen molar-refractivity contribution in [3.63, 3.8) is 0 Å². The molecule has 1 fully saturated rings. The molecule has 0 bridgehead atoms. The number of benzene rings is 1. The zero-order valence-corrected chi connectivity index (χ0v) is 9.37. The third-order valence-corrected chi connectivity index (χ3v) is 3.72. The van der Waals surface area contributed by atoms with E-state index in [9.17, 15) is 0 Å². The van der Waals surface area contributed by atoms with Crippen LogP contribution in [0.1, 0.15) is 31.7 Å². The molecule has 0 saturated heterocycles. The molecule has 1 aliphatic carbocycles. The molecule has 1 saturated carbocycles. The van der Waals surface area contributed by atoms with Gasteiger partial charge >= 0.3 is 0 Å². The van der Waals surface area contributed by atoms with Gasteiger partial charge in [0.25, 0.3) is 0 Å². The molecule has 0 amide bonds. The Labute approximate surface area is 92.0 Å². The molecule has 80 valence electrons. The van der Waals surface area contributed by atoms with Crippen molar-refractivity contribution in [1.29, 1.82) is 0 Å². The minimum Gasteiger partial charge on any atom is -0.323 e. The highest BCUT2D eigenvalue weighted by atomic mass is 14.7. The lowest BCUT2D eigenvalue weighted by Gasteiger charge is -2.47. The summed E-state index contributed by atoms with van der Waals surface area (Å²) in [6.45, 7) is 6.04. The minimum atomic E-state index is 0.105. The molecule has 1 aromatic carbocycles. The van der Waals surface area contributed by atoms with Crippen molar-refractivity contribution in [2.45, 2.75) is 37.6 Å². The van der Waals surface area contributed by atoms with E-state index in [1.165, 1.54) is 24.8 Å². The van der Waals surface area contributed by atoms with Gasteiger partial charge in [0.05, 0.1) is 0 Å². The topological polar surface area (TPSA) is 26.0 Å². The van der Waals surface area contributed by atoms with E-state index in [0.717, 1.165) is 5.57 Å². The Bertz CT molecular complexity index is 349. The van der Waals surface area contributed by atoms with Gasteiger partial charge < -0.3 is 5.73 Å². The van der Waals surface area contributed by atoms with Crippen LogP contribution in [0.3, 0.4) is 0 Å². The highest BCUT2D eigenvalue weighted by Crippen LogP contribution is 2.47. The molecule has 0 heterocycles. The van der Waals surface area contributed by atoms with Gasteiger partial charge in [-0.15, -0.1) is 0 Å². The van der Waals surface area contributed by atoms with E-state index in [2.05, 4.69) is 36.9 Å². The van der Waals surface area contributed by atoms with E-state index in [1.54, 1.807) is 0 Å². The van der Waals surface area contributed by atoms with Crippen molar-refractivity contribution in [1.82, 2.24) is 0 Å². The van der Waals surface area contributed by atoms with E-state index < -0.39 is 0 Å². The third-order valence-electron chi connectivity index (χ3n) is 3.72. The van der Waals surface area contributed by atoms with Crippen LogP contribution in [0.2, 0.25) is 0 Å². The Morgan fingerprint density at radius 2 is 1.93 bits per heavy atom. The summed E-state index contributed by atoms with van der Waals surface area (Å²) in [7, 11) is 0. The zero-order chi connectivity index (χ0) is 10.9. The van der Waals surface area contributed by atoms with Gasteiger partial charge in [0.2, 0.25) is 0 Å². The van der Waals surface area contributed by atoms with E-state index in [0.29, 0.717) is 0 Å². The maximum Gasteiger partial charge on any atom is 0.0346 e. The van der Waals surface area contributed by atoms with Crippen molar-refractivity contribution >= 4 is 0 Å². The summed E-state index contributed by atoms with van der Waals surface area (Å²) in [6.07, 6.45) is 3.69. The van der Waals surface area contributed by atoms with Gasteiger partial charge in [-0.25, -0.2) is 0 Å². The molecule has 0 aliphatic heterocycles. The molecule has 1 aromatic rings. The molecule has 0 spiro atoms. The average molecular weight is 201 g/mol. The average Bonchev–Trinajstić information content (AvgIpc) is 2.17. The first-order valence-electron chi connectivity index (χ1n) is 5.63. The maximum absolute atomic E-state index is 6.29. The van der Waals surface area contributed by atoms with Crippen LogP contribution in [0.4, 0.5) is 0 Å². The largest absolute Gasteiger partial charge is 0.323 e. The first-order valence-corrected chi connectivity index (χ1v) is 5.63. The summed E-state index contributed by atoms with van der Waals surface area (Å²) >= 11 is 0. The highest BCUT2D eigenvalue weighted by molar-refractivity contribution is 5.33. The fourth-order valence-corrected chi connectivity index (χ4v) is 2.58. The second kappa shape index (κ2) is 3.82. The van der Waals surface area contributed by atoms with Crippen molar-refractivity contribution < 1.29 is 0 Å². The van der Waals surface area contributed by atoms with Gasteiger partial charge in [-0.1, -0.05) is 48.9 Å². The number of hydrogen-bond acceptors (Lipinski definition) is 1. The molecule has 1 unspecified atom stereocenters. The van der Waals surface area contributed by atoms with Crippen LogP contribution < -0.4 is 5.73 Å². The Morgan fingerprint density at radius 1 is 1.33 bits per heavy atom. The summed E-state index contributed by atoms with van der Waals surface area (Å²) in [5.41, 5.74) is 8.94. The van der Waals surface area contributed by atoms with Gasteiger partial charge in [0.15, 0.2) is 0 Å². The Morgan fingerprint density at radius 3 is 2.33 bits per heavy atom. The Kier molecular flexibility index (Phi) is 2.66. The van der Waals surface area contributed by atoms with Crippen molar-refractivity contribution in [2.75, 3.05) is 0 Å². The van der Waals surface area contributed by atoms with Gasteiger partial charge in [-0.2, -0.15) is 0 Å². The minimum absolute atomic E-state index is 0.105. The van der Waals surface area contributed by atoms with Crippen LogP contribution in [0.5, 0.6) is 0 Å². The molecule has 0 aromatic heterocycles. The van der Waals surface area contributed by atoms with Gasteiger partial charge in [-0.05, 0) is 25.3 Å². The standard InChI is InChI=1S/C14H19N/c1-11(2)13(15)14(9-6-10-14)12-7-4-3-5-8-12/h3-5,7-8,13H,1,6,9-10,15H2,2H3. The van der Waals surface area contributed by atoms with E-state index in [4.69, 9.17) is 5.73 Å². The first kappa shape index (κ1) is 10.4. The van der Waals surface area contributed by atoms with Crippen LogP contribution in [0.25, 0.3) is 0 Å². The highest BCUT2D eigenvalue weighted by Gasteiger charge is 2.43. The molecular formula is C14H19N. The fraction of sp³-hybridized carbons (Fsp3) is 0.429. The second-order valence-electron chi connectivity index (χ2n) is 4.70. The van der Waals surface area contributed by atoms with E-state index in [1.807, 2.05) is 6.92 Å². The number of hydrogen-bond donors (Lipinski definition) is 1. The molecule has 1 heteroatoms. The SMILES string of the molecule is C=C(C)C(N)C1(c2ccccc2)CCC1. The second-order valence-corrected chi connectivity index (χ2v) is 4.70. The molecule has 2 rings (SSSR count). The van der Waals surface area contributed by atoms with Crippen LogP contribution in [0.15, 0.2) is 42.5 Å². The monoisotopic (exact) mass is 201 g/mol. The molecular weight excluding hydrogens is 182 g/mol. The van der Waals surface area contributed by atoms with Gasteiger partial charge in [-0.3, -0.25) is 0 Å². The summed E-state index contributed by atoms with van der Waals surface area (Å²) < 4.78 is 0. The summed E-state index contributed by atoms with van der Waals surface area (Å²) in [4.78, 5) is 0. The van der Waals surface area contributed by atoms with E-state index in [-0.39, 0.29) is 11.5 Å². The Balaban J connectivity index is 2.34. The third kappa shape index (κ3) is 1.61.